The first-order valence-electron chi connectivity index (χ1n) is 9.41. The Morgan fingerprint density at radius 1 is 1.24 bits per heavy atom. The third-order valence-corrected chi connectivity index (χ3v) is 5.87. The van der Waals surface area contributed by atoms with Gasteiger partial charge < -0.3 is 19.4 Å². The van der Waals surface area contributed by atoms with E-state index in [-0.39, 0.29) is 12.1 Å². The molecule has 1 aliphatic rings. The highest BCUT2D eigenvalue weighted by atomic mass is 35.5. The van der Waals surface area contributed by atoms with E-state index in [0.29, 0.717) is 18.3 Å². The summed E-state index contributed by atoms with van der Waals surface area (Å²) in [4.78, 5) is 6.63. The summed E-state index contributed by atoms with van der Waals surface area (Å²) in [5.74, 6) is 1.59. The number of methoxy groups -OCH3 is 1. The van der Waals surface area contributed by atoms with Crippen molar-refractivity contribution in [3.63, 3.8) is 0 Å². The van der Waals surface area contributed by atoms with Gasteiger partial charge in [-0.2, -0.15) is 0 Å². The van der Waals surface area contributed by atoms with Gasteiger partial charge in [0.1, 0.15) is 17.6 Å². The minimum Gasteiger partial charge on any atom is -0.459 e. The van der Waals surface area contributed by atoms with Crippen LogP contribution in [0, 0.1) is 6.92 Å². The minimum atomic E-state index is -0.123. The van der Waals surface area contributed by atoms with Gasteiger partial charge in [-0.25, -0.2) is 0 Å². The molecule has 2 atom stereocenters. The Bertz CT molecular complexity index is 1010. The van der Waals surface area contributed by atoms with Crippen molar-refractivity contribution in [2.45, 2.75) is 19.0 Å². The highest BCUT2D eigenvalue weighted by Crippen LogP contribution is 2.40. The Kier molecular flexibility index (Phi) is 5.85. The third-order valence-electron chi connectivity index (χ3n) is 5.11. The van der Waals surface area contributed by atoms with Crippen molar-refractivity contribution in [1.29, 1.82) is 0 Å². The highest BCUT2D eigenvalue weighted by Gasteiger charge is 2.41. The number of hydrogen-bond donors (Lipinski definition) is 1. The largest absolute Gasteiger partial charge is 0.459 e. The molecule has 0 unspecified atom stereocenters. The lowest BCUT2D eigenvalue weighted by Crippen LogP contribution is -2.32. The Morgan fingerprint density at radius 2 is 2.10 bits per heavy atom. The Balaban J connectivity index is 1.71. The SMILES string of the molecule is COCCN1C(=S)N[C@@H](c2ccccn2)[C@H]1c1ccc(-c2ccc(C)c(Cl)c2)o1. The number of nitrogens with one attached hydrogen (secondary N) is 1. The monoisotopic (exact) mass is 427 g/mol. The van der Waals surface area contributed by atoms with Gasteiger partial charge >= 0.3 is 0 Å². The molecule has 1 saturated heterocycles. The molecule has 1 aliphatic heterocycles. The second kappa shape index (κ2) is 8.53. The van der Waals surface area contributed by atoms with E-state index in [4.69, 9.17) is 33.0 Å². The van der Waals surface area contributed by atoms with Crippen LogP contribution in [0.4, 0.5) is 0 Å². The van der Waals surface area contributed by atoms with Crippen LogP contribution in [0.2, 0.25) is 5.02 Å². The minimum absolute atomic E-state index is 0.110. The molecule has 29 heavy (non-hydrogen) atoms. The summed E-state index contributed by atoms with van der Waals surface area (Å²) in [6, 6.07) is 15.6. The van der Waals surface area contributed by atoms with Crippen molar-refractivity contribution in [1.82, 2.24) is 15.2 Å². The number of furan rings is 1. The number of nitrogens with zero attached hydrogens (tertiary/aromatic N) is 2. The number of thiocarbonyl (C=S) groups is 1. The maximum Gasteiger partial charge on any atom is 0.170 e. The van der Waals surface area contributed by atoms with Crippen molar-refractivity contribution >= 4 is 28.9 Å². The lowest BCUT2D eigenvalue weighted by atomic mass is 10.0. The normalized spacial score (nSPS) is 18.9. The summed E-state index contributed by atoms with van der Waals surface area (Å²) in [6.07, 6.45) is 1.79. The van der Waals surface area contributed by atoms with Crippen molar-refractivity contribution < 1.29 is 9.15 Å². The van der Waals surface area contributed by atoms with E-state index in [9.17, 15) is 0 Å². The highest BCUT2D eigenvalue weighted by molar-refractivity contribution is 7.80. The first kappa shape index (κ1) is 19.9. The van der Waals surface area contributed by atoms with Crippen LogP contribution < -0.4 is 5.32 Å². The molecule has 0 radical (unpaired) electrons. The maximum absolute atomic E-state index is 6.30. The number of aromatic nitrogens is 1. The predicted molar refractivity (Wildman–Crippen MR) is 118 cm³/mol. The Labute approximate surface area is 180 Å². The summed E-state index contributed by atoms with van der Waals surface area (Å²) < 4.78 is 11.6. The molecule has 0 spiro atoms. The summed E-state index contributed by atoms with van der Waals surface area (Å²) in [6.45, 7) is 3.20. The molecule has 0 saturated carbocycles. The number of aryl methyl sites for hydroxylation is 1. The fraction of sp³-hybridized carbons (Fsp3) is 0.273. The number of benzene rings is 1. The molecule has 7 heteroatoms. The van der Waals surface area contributed by atoms with Crippen molar-refractivity contribution in [2.75, 3.05) is 20.3 Å². The van der Waals surface area contributed by atoms with Crippen LogP contribution in [-0.2, 0) is 4.74 Å². The fourth-order valence-corrected chi connectivity index (χ4v) is 4.07. The van der Waals surface area contributed by atoms with E-state index >= 15 is 0 Å². The molecule has 3 aromatic rings. The second-order valence-corrected chi connectivity index (χ2v) is 7.77. The number of halogens is 1. The molecule has 0 bridgehead atoms. The number of ether oxygens (including phenoxy) is 1. The molecule has 4 rings (SSSR count). The number of hydrogen-bond acceptors (Lipinski definition) is 4. The smallest absolute Gasteiger partial charge is 0.170 e. The number of pyridine rings is 1. The molecule has 1 fully saturated rings. The van der Waals surface area contributed by atoms with E-state index in [2.05, 4.69) is 15.2 Å². The molecule has 2 aromatic heterocycles. The molecule has 3 heterocycles. The first-order valence-corrected chi connectivity index (χ1v) is 10.2. The molecular weight excluding hydrogens is 406 g/mol. The van der Waals surface area contributed by atoms with Crippen LogP contribution in [0.15, 0.2) is 59.1 Å². The van der Waals surface area contributed by atoms with Crippen LogP contribution in [0.3, 0.4) is 0 Å². The molecule has 0 amide bonds. The van der Waals surface area contributed by atoms with E-state index in [0.717, 1.165) is 33.4 Å². The topological polar surface area (TPSA) is 50.5 Å². The molecule has 150 valence electrons. The van der Waals surface area contributed by atoms with E-state index in [1.807, 2.05) is 55.5 Å². The van der Waals surface area contributed by atoms with Crippen LogP contribution in [0.1, 0.15) is 29.1 Å². The summed E-state index contributed by atoms with van der Waals surface area (Å²) in [7, 11) is 1.68. The van der Waals surface area contributed by atoms with E-state index in [1.54, 1.807) is 13.3 Å². The zero-order valence-electron chi connectivity index (χ0n) is 16.3. The first-order chi connectivity index (χ1) is 14.1. The van der Waals surface area contributed by atoms with Gasteiger partial charge in [-0.05, 0) is 55.0 Å². The third kappa shape index (κ3) is 4.01. The molecule has 5 nitrogen and oxygen atoms in total. The van der Waals surface area contributed by atoms with Gasteiger partial charge in [0.15, 0.2) is 5.11 Å². The van der Waals surface area contributed by atoms with Gasteiger partial charge in [-0.3, -0.25) is 4.98 Å². The van der Waals surface area contributed by atoms with E-state index < -0.39 is 0 Å². The van der Waals surface area contributed by atoms with Gasteiger partial charge in [0, 0.05) is 30.4 Å². The fourth-order valence-electron chi connectivity index (χ4n) is 3.56. The zero-order valence-corrected chi connectivity index (χ0v) is 17.8. The lowest BCUT2D eigenvalue weighted by Gasteiger charge is -2.25. The summed E-state index contributed by atoms with van der Waals surface area (Å²) >= 11 is 11.9. The zero-order chi connectivity index (χ0) is 20.4. The van der Waals surface area contributed by atoms with Gasteiger partial charge in [0.05, 0.1) is 18.3 Å². The predicted octanol–water partition coefficient (Wildman–Crippen LogP) is 4.92. The Morgan fingerprint density at radius 3 is 2.83 bits per heavy atom. The standard InChI is InChI=1S/C22H22ClN3O2S/c1-14-6-7-15(13-16(14)23)18-8-9-19(28-18)21-20(17-5-3-4-10-24-17)25-22(29)26(21)11-12-27-2/h3-10,13,20-21H,11-12H2,1-2H3,(H,25,29)/t20-,21+/m0/s1. The van der Waals surface area contributed by atoms with Gasteiger partial charge in [-0.1, -0.05) is 29.8 Å². The summed E-state index contributed by atoms with van der Waals surface area (Å²) in [5, 5.41) is 4.79. The second-order valence-electron chi connectivity index (χ2n) is 6.98. The maximum atomic E-state index is 6.30. The number of rotatable bonds is 6. The average molecular weight is 428 g/mol. The van der Waals surface area contributed by atoms with Gasteiger partial charge in [0.2, 0.25) is 0 Å². The van der Waals surface area contributed by atoms with Crippen LogP contribution in [0.5, 0.6) is 0 Å². The van der Waals surface area contributed by atoms with Crippen molar-refractivity contribution in [3.05, 3.63) is 76.8 Å². The van der Waals surface area contributed by atoms with Crippen molar-refractivity contribution in [2.24, 2.45) is 0 Å². The van der Waals surface area contributed by atoms with Crippen molar-refractivity contribution in [3.8, 4) is 11.3 Å². The average Bonchev–Trinajstić information content (AvgIpc) is 3.34. The molecule has 1 N–H and O–H groups in total. The van der Waals surface area contributed by atoms with Crippen LogP contribution in [-0.4, -0.2) is 35.3 Å². The molecule has 1 aromatic carbocycles. The van der Waals surface area contributed by atoms with Gasteiger partial charge in [0.25, 0.3) is 0 Å². The lowest BCUT2D eigenvalue weighted by molar-refractivity contribution is 0.158. The molecular formula is C22H22ClN3O2S. The van der Waals surface area contributed by atoms with Gasteiger partial charge in [-0.15, -0.1) is 0 Å². The summed E-state index contributed by atoms with van der Waals surface area (Å²) in [5.41, 5.74) is 2.89. The quantitative estimate of drug-likeness (QED) is 0.563. The van der Waals surface area contributed by atoms with Crippen LogP contribution in [0.25, 0.3) is 11.3 Å². The van der Waals surface area contributed by atoms with Crippen LogP contribution >= 0.6 is 23.8 Å². The Hall–Kier alpha value is -2.41. The van der Waals surface area contributed by atoms with E-state index in [1.165, 1.54) is 0 Å². The molecule has 0 aliphatic carbocycles.